The summed E-state index contributed by atoms with van der Waals surface area (Å²) in [5, 5.41) is 3.34. The van der Waals surface area contributed by atoms with Crippen molar-refractivity contribution >= 4 is 18.4 Å². The number of carbonyl (C=O) groups excluding carboxylic acids is 1. The quantitative estimate of drug-likeness (QED) is 0.848. The van der Waals surface area contributed by atoms with E-state index in [0.717, 1.165) is 25.3 Å². The van der Waals surface area contributed by atoms with Crippen molar-refractivity contribution in [1.82, 2.24) is 5.32 Å². The fourth-order valence-electron chi connectivity index (χ4n) is 2.34. The monoisotopic (exact) mass is 299 g/mol. The second-order valence-electron chi connectivity index (χ2n) is 4.86. The molecule has 5 heteroatoms. The zero-order valence-electron chi connectivity index (χ0n) is 11.8. The predicted molar refractivity (Wildman–Crippen MR) is 80.3 cm³/mol. The number of carbonyl (C=O) groups is 1. The smallest absolute Gasteiger partial charge is 0.338 e. The number of rotatable bonds is 5. The van der Waals surface area contributed by atoms with Gasteiger partial charge >= 0.3 is 5.97 Å². The number of halogens is 1. The van der Waals surface area contributed by atoms with Crippen molar-refractivity contribution in [3.63, 3.8) is 0 Å². The van der Waals surface area contributed by atoms with E-state index in [4.69, 9.17) is 9.47 Å². The van der Waals surface area contributed by atoms with Crippen LogP contribution in [0.5, 0.6) is 0 Å². The third-order valence-electron chi connectivity index (χ3n) is 3.49. The van der Waals surface area contributed by atoms with Gasteiger partial charge in [0.05, 0.1) is 19.3 Å². The SMILES string of the molecule is COC(=O)c1ccccc1COCC1CCNCC1.Cl. The third kappa shape index (κ3) is 4.78. The van der Waals surface area contributed by atoms with Gasteiger partial charge in [0.25, 0.3) is 0 Å². The van der Waals surface area contributed by atoms with E-state index in [1.165, 1.54) is 20.0 Å². The third-order valence-corrected chi connectivity index (χ3v) is 3.49. The number of hydrogen-bond acceptors (Lipinski definition) is 4. The minimum absolute atomic E-state index is 0. The van der Waals surface area contributed by atoms with Gasteiger partial charge < -0.3 is 14.8 Å². The molecule has 0 unspecified atom stereocenters. The molecule has 2 rings (SSSR count). The van der Waals surface area contributed by atoms with Crippen molar-refractivity contribution in [3.8, 4) is 0 Å². The number of esters is 1. The van der Waals surface area contributed by atoms with Crippen LogP contribution in [-0.4, -0.2) is 32.8 Å². The Bertz CT molecular complexity index is 419. The molecule has 1 aliphatic heterocycles. The summed E-state index contributed by atoms with van der Waals surface area (Å²) in [5.41, 5.74) is 1.48. The number of methoxy groups -OCH3 is 1. The Morgan fingerprint density at radius 2 is 2.00 bits per heavy atom. The van der Waals surface area contributed by atoms with Crippen LogP contribution in [0, 0.1) is 5.92 Å². The normalized spacial score (nSPS) is 15.4. The minimum Gasteiger partial charge on any atom is -0.465 e. The van der Waals surface area contributed by atoms with Crippen LogP contribution < -0.4 is 5.32 Å². The van der Waals surface area contributed by atoms with E-state index < -0.39 is 0 Å². The second kappa shape index (κ2) is 8.95. The average Bonchev–Trinajstić information content (AvgIpc) is 2.48. The molecule has 0 radical (unpaired) electrons. The molecule has 0 aromatic heterocycles. The van der Waals surface area contributed by atoms with E-state index in [1.807, 2.05) is 18.2 Å². The molecule has 0 atom stereocenters. The molecule has 1 aliphatic rings. The average molecular weight is 300 g/mol. The Hall–Kier alpha value is -1.10. The van der Waals surface area contributed by atoms with E-state index in [9.17, 15) is 4.79 Å². The zero-order valence-corrected chi connectivity index (χ0v) is 12.6. The van der Waals surface area contributed by atoms with Gasteiger partial charge in [-0.3, -0.25) is 0 Å². The first-order valence-corrected chi connectivity index (χ1v) is 6.76. The maximum atomic E-state index is 11.6. The van der Waals surface area contributed by atoms with E-state index in [-0.39, 0.29) is 18.4 Å². The van der Waals surface area contributed by atoms with Gasteiger partial charge in [-0.15, -0.1) is 12.4 Å². The van der Waals surface area contributed by atoms with E-state index in [1.54, 1.807) is 6.07 Å². The predicted octanol–water partition coefficient (Wildman–Crippen LogP) is 2.41. The molecule has 1 fully saturated rings. The molecule has 20 heavy (non-hydrogen) atoms. The van der Waals surface area contributed by atoms with Gasteiger partial charge in [0.15, 0.2) is 0 Å². The lowest BCUT2D eigenvalue weighted by Crippen LogP contribution is -2.29. The van der Waals surface area contributed by atoms with Crippen LogP contribution in [0.4, 0.5) is 0 Å². The van der Waals surface area contributed by atoms with Gasteiger partial charge in [-0.05, 0) is 43.5 Å². The first-order chi connectivity index (χ1) is 9.31. The van der Waals surface area contributed by atoms with Crippen LogP contribution >= 0.6 is 12.4 Å². The first-order valence-electron chi connectivity index (χ1n) is 6.76. The molecule has 0 aliphatic carbocycles. The fourth-order valence-corrected chi connectivity index (χ4v) is 2.34. The van der Waals surface area contributed by atoms with Gasteiger partial charge in [-0.25, -0.2) is 4.79 Å². The Kier molecular flexibility index (Phi) is 7.59. The van der Waals surface area contributed by atoms with Crippen molar-refractivity contribution in [2.75, 3.05) is 26.8 Å². The van der Waals surface area contributed by atoms with Crippen molar-refractivity contribution in [3.05, 3.63) is 35.4 Å². The number of piperidine rings is 1. The van der Waals surface area contributed by atoms with Gasteiger partial charge in [-0.2, -0.15) is 0 Å². The maximum absolute atomic E-state index is 11.6. The van der Waals surface area contributed by atoms with Gasteiger partial charge in [-0.1, -0.05) is 18.2 Å². The molecular weight excluding hydrogens is 278 g/mol. The maximum Gasteiger partial charge on any atom is 0.338 e. The lowest BCUT2D eigenvalue weighted by atomic mass is 9.99. The fraction of sp³-hybridized carbons (Fsp3) is 0.533. The number of hydrogen-bond donors (Lipinski definition) is 1. The van der Waals surface area contributed by atoms with E-state index in [2.05, 4.69) is 5.32 Å². The molecule has 0 amide bonds. The van der Waals surface area contributed by atoms with Gasteiger partial charge in [0, 0.05) is 6.61 Å². The summed E-state index contributed by atoms with van der Waals surface area (Å²) in [5.74, 6) is 0.326. The molecule has 1 aromatic rings. The molecule has 1 N–H and O–H groups in total. The molecule has 0 saturated carbocycles. The summed E-state index contributed by atoms with van der Waals surface area (Å²) >= 11 is 0. The first kappa shape index (κ1) is 17.0. The second-order valence-corrected chi connectivity index (χ2v) is 4.86. The summed E-state index contributed by atoms with van der Waals surface area (Å²) in [6, 6.07) is 7.43. The molecule has 1 heterocycles. The standard InChI is InChI=1S/C15H21NO3.ClH/c1-18-15(17)14-5-3-2-4-13(14)11-19-10-12-6-8-16-9-7-12;/h2-5,12,16H,6-11H2,1H3;1H. The van der Waals surface area contributed by atoms with Crippen LogP contribution in [0.25, 0.3) is 0 Å². The molecule has 1 aromatic carbocycles. The topological polar surface area (TPSA) is 47.6 Å². The highest BCUT2D eigenvalue weighted by Gasteiger charge is 2.14. The minimum atomic E-state index is -0.305. The molecule has 0 spiro atoms. The number of benzene rings is 1. The van der Waals surface area contributed by atoms with Crippen LogP contribution in [0.15, 0.2) is 24.3 Å². The molecule has 112 valence electrons. The van der Waals surface area contributed by atoms with Crippen LogP contribution in [0.2, 0.25) is 0 Å². The summed E-state index contributed by atoms with van der Waals surface area (Å²) in [4.78, 5) is 11.6. The molecular formula is C15H22ClNO3. The van der Waals surface area contributed by atoms with Crippen molar-refractivity contribution in [2.45, 2.75) is 19.4 Å². The lowest BCUT2D eigenvalue weighted by molar-refractivity contribution is 0.0578. The molecule has 1 saturated heterocycles. The highest BCUT2D eigenvalue weighted by Crippen LogP contribution is 2.15. The van der Waals surface area contributed by atoms with E-state index in [0.29, 0.717) is 18.1 Å². The summed E-state index contributed by atoms with van der Waals surface area (Å²) in [6.45, 7) is 3.38. The summed E-state index contributed by atoms with van der Waals surface area (Å²) in [7, 11) is 1.40. The highest BCUT2D eigenvalue weighted by molar-refractivity contribution is 5.90. The highest BCUT2D eigenvalue weighted by atomic mass is 35.5. The Morgan fingerprint density at radius 3 is 2.70 bits per heavy atom. The van der Waals surface area contributed by atoms with Gasteiger partial charge in [0.2, 0.25) is 0 Å². The van der Waals surface area contributed by atoms with Crippen LogP contribution in [-0.2, 0) is 16.1 Å². The summed E-state index contributed by atoms with van der Waals surface area (Å²) in [6.07, 6.45) is 2.33. The van der Waals surface area contributed by atoms with Crippen molar-refractivity contribution in [1.29, 1.82) is 0 Å². The Labute approximate surface area is 126 Å². The van der Waals surface area contributed by atoms with Crippen molar-refractivity contribution < 1.29 is 14.3 Å². The lowest BCUT2D eigenvalue weighted by Gasteiger charge is -2.22. The number of nitrogens with one attached hydrogen (secondary N) is 1. The van der Waals surface area contributed by atoms with Crippen LogP contribution in [0.3, 0.4) is 0 Å². The van der Waals surface area contributed by atoms with Crippen LogP contribution in [0.1, 0.15) is 28.8 Å². The summed E-state index contributed by atoms with van der Waals surface area (Å²) < 4.78 is 10.5. The zero-order chi connectivity index (χ0) is 13.5. The van der Waals surface area contributed by atoms with Gasteiger partial charge in [0.1, 0.15) is 0 Å². The Balaban J connectivity index is 0.00000200. The molecule has 0 bridgehead atoms. The van der Waals surface area contributed by atoms with E-state index >= 15 is 0 Å². The Morgan fingerprint density at radius 1 is 1.30 bits per heavy atom. The molecule has 4 nitrogen and oxygen atoms in total. The number of ether oxygens (including phenoxy) is 2. The van der Waals surface area contributed by atoms with Crippen molar-refractivity contribution in [2.24, 2.45) is 5.92 Å². The largest absolute Gasteiger partial charge is 0.465 e.